The second-order valence-corrected chi connectivity index (χ2v) is 3.40. The third-order valence-corrected chi connectivity index (χ3v) is 2.63. The normalized spacial score (nSPS) is 12.2. The first-order chi connectivity index (χ1) is 6.20. The fourth-order valence-corrected chi connectivity index (χ4v) is 1.67. The van der Waals surface area contributed by atoms with Crippen LogP contribution in [0.3, 0.4) is 0 Å². The molecule has 0 bridgehead atoms. The van der Waals surface area contributed by atoms with E-state index < -0.39 is 6.04 Å². The van der Waals surface area contributed by atoms with Gasteiger partial charge in [-0.05, 0) is 27.6 Å². The van der Waals surface area contributed by atoms with Crippen molar-refractivity contribution in [3.05, 3.63) is 33.8 Å². The minimum Gasteiger partial charge on any atom is -0.394 e. The van der Waals surface area contributed by atoms with Crippen molar-refractivity contribution in [2.24, 2.45) is 5.73 Å². The molecule has 1 aromatic rings. The molecule has 1 unspecified atom stereocenters. The van der Waals surface area contributed by atoms with E-state index in [-0.39, 0.29) is 6.61 Å². The predicted octanol–water partition coefficient (Wildman–Crippen LogP) is 1.31. The molecule has 0 aliphatic rings. The highest BCUT2D eigenvalue weighted by Crippen LogP contribution is 2.25. The lowest BCUT2D eigenvalue weighted by molar-refractivity contribution is 0.267. The first-order valence-electron chi connectivity index (χ1n) is 3.75. The summed E-state index contributed by atoms with van der Waals surface area (Å²) in [7, 11) is 0. The molecule has 0 saturated carbocycles. The fraction of sp³-hybridized carbons (Fsp3) is 0.222. The maximum Gasteiger partial charge on any atom is 0.100 e. The quantitative estimate of drug-likeness (QED) is 0.820. The molecule has 0 fully saturated rings. The lowest BCUT2D eigenvalue weighted by Gasteiger charge is -2.10. The van der Waals surface area contributed by atoms with E-state index in [1.54, 1.807) is 18.2 Å². The Bertz CT molecular complexity index is 346. The van der Waals surface area contributed by atoms with E-state index in [2.05, 4.69) is 15.9 Å². The van der Waals surface area contributed by atoms with Crippen molar-refractivity contribution in [2.45, 2.75) is 6.04 Å². The number of nitriles is 1. The number of hydrogen-bond donors (Lipinski definition) is 2. The lowest BCUT2D eigenvalue weighted by Crippen LogP contribution is -2.15. The van der Waals surface area contributed by atoms with Crippen molar-refractivity contribution in [3.63, 3.8) is 0 Å². The molecule has 0 amide bonds. The number of benzene rings is 1. The molecule has 0 aromatic heterocycles. The zero-order valence-electron chi connectivity index (χ0n) is 6.87. The Kier molecular flexibility index (Phi) is 3.43. The zero-order valence-corrected chi connectivity index (χ0v) is 8.45. The number of aliphatic hydroxyl groups is 1. The van der Waals surface area contributed by atoms with Gasteiger partial charge in [-0.25, -0.2) is 0 Å². The Morgan fingerprint density at radius 2 is 2.31 bits per heavy atom. The van der Waals surface area contributed by atoms with Crippen LogP contribution < -0.4 is 5.73 Å². The fourth-order valence-electron chi connectivity index (χ4n) is 1.02. The van der Waals surface area contributed by atoms with Crippen LogP contribution in [-0.4, -0.2) is 11.7 Å². The predicted molar refractivity (Wildman–Crippen MR) is 52.9 cm³/mol. The van der Waals surface area contributed by atoms with Gasteiger partial charge in [0, 0.05) is 4.47 Å². The molecule has 3 N–H and O–H groups in total. The first-order valence-corrected chi connectivity index (χ1v) is 4.55. The highest BCUT2D eigenvalue weighted by molar-refractivity contribution is 9.10. The Morgan fingerprint density at radius 1 is 1.62 bits per heavy atom. The number of halogens is 1. The van der Waals surface area contributed by atoms with Crippen molar-refractivity contribution in [1.29, 1.82) is 5.26 Å². The number of aliphatic hydroxyl groups excluding tert-OH is 1. The van der Waals surface area contributed by atoms with Crippen LogP contribution >= 0.6 is 15.9 Å². The highest BCUT2D eigenvalue weighted by atomic mass is 79.9. The molecule has 0 radical (unpaired) electrons. The van der Waals surface area contributed by atoms with Gasteiger partial charge < -0.3 is 10.8 Å². The summed E-state index contributed by atoms with van der Waals surface area (Å²) in [5.41, 5.74) is 6.91. The maximum atomic E-state index is 8.85. The summed E-state index contributed by atoms with van der Waals surface area (Å²) in [5, 5.41) is 17.6. The smallest absolute Gasteiger partial charge is 0.100 e. The molecule has 68 valence electrons. The average Bonchev–Trinajstić information content (AvgIpc) is 2.17. The van der Waals surface area contributed by atoms with E-state index in [4.69, 9.17) is 16.1 Å². The number of nitrogens with two attached hydrogens (primary N) is 1. The van der Waals surface area contributed by atoms with Gasteiger partial charge in [0.25, 0.3) is 0 Å². The van der Waals surface area contributed by atoms with Gasteiger partial charge in [0.2, 0.25) is 0 Å². The van der Waals surface area contributed by atoms with Crippen LogP contribution in [0.2, 0.25) is 0 Å². The standard InChI is InChI=1S/C9H9BrN2O/c10-9-6(4-11)2-1-3-7(9)8(12)5-13/h1-3,8,13H,5,12H2. The largest absolute Gasteiger partial charge is 0.394 e. The van der Waals surface area contributed by atoms with Gasteiger partial charge in [-0.3, -0.25) is 0 Å². The third-order valence-electron chi connectivity index (χ3n) is 1.75. The molecule has 0 aliphatic heterocycles. The van der Waals surface area contributed by atoms with Crippen molar-refractivity contribution >= 4 is 15.9 Å². The van der Waals surface area contributed by atoms with E-state index in [1.807, 2.05) is 6.07 Å². The monoisotopic (exact) mass is 240 g/mol. The summed E-state index contributed by atoms with van der Waals surface area (Å²) in [4.78, 5) is 0. The molecular formula is C9H9BrN2O. The molecule has 1 rings (SSSR count). The van der Waals surface area contributed by atoms with Crippen LogP contribution in [0.1, 0.15) is 17.2 Å². The Morgan fingerprint density at radius 3 is 2.85 bits per heavy atom. The number of hydrogen-bond acceptors (Lipinski definition) is 3. The van der Waals surface area contributed by atoms with E-state index in [0.717, 1.165) is 5.56 Å². The van der Waals surface area contributed by atoms with Gasteiger partial charge in [0.05, 0.1) is 18.2 Å². The Balaban J connectivity index is 3.17. The molecule has 3 nitrogen and oxygen atoms in total. The molecule has 1 aromatic carbocycles. The van der Waals surface area contributed by atoms with Crippen molar-refractivity contribution in [3.8, 4) is 6.07 Å². The topological polar surface area (TPSA) is 70.0 Å². The van der Waals surface area contributed by atoms with Crippen LogP contribution in [0.25, 0.3) is 0 Å². The first kappa shape index (κ1) is 10.2. The molecule has 0 heterocycles. The molecule has 0 saturated heterocycles. The van der Waals surface area contributed by atoms with Gasteiger partial charge in [-0.1, -0.05) is 12.1 Å². The van der Waals surface area contributed by atoms with E-state index in [1.165, 1.54) is 0 Å². The summed E-state index contributed by atoms with van der Waals surface area (Å²) in [5.74, 6) is 0. The molecular weight excluding hydrogens is 232 g/mol. The summed E-state index contributed by atoms with van der Waals surface area (Å²) in [6.45, 7) is -0.131. The molecule has 13 heavy (non-hydrogen) atoms. The Labute approximate surface area is 84.9 Å². The van der Waals surface area contributed by atoms with Crippen LogP contribution in [0, 0.1) is 11.3 Å². The molecule has 1 atom stereocenters. The molecule has 4 heteroatoms. The summed E-state index contributed by atoms with van der Waals surface area (Å²) in [6.07, 6.45) is 0. The van der Waals surface area contributed by atoms with Crippen LogP contribution in [0.5, 0.6) is 0 Å². The van der Waals surface area contributed by atoms with Crippen LogP contribution in [0.4, 0.5) is 0 Å². The SMILES string of the molecule is N#Cc1cccc(C(N)CO)c1Br. The molecule has 0 spiro atoms. The maximum absolute atomic E-state index is 8.85. The summed E-state index contributed by atoms with van der Waals surface area (Å²) < 4.78 is 0.666. The van der Waals surface area contributed by atoms with E-state index >= 15 is 0 Å². The summed E-state index contributed by atoms with van der Waals surface area (Å²) in [6, 6.07) is 6.81. The lowest BCUT2D eigenvalue weighted by atomic mass is 10.1. The van der Waals surface area contributed by atoms with Crippen molar-refractivity contribution in [1.82, 2.24) is 0 Å². The Hall–Kier alpha value is -0.890. The van der Waals surface area contributed by atoms with Gasteiger partial charge in [-0.15, -0.1) is 0 Å². The van der Waals surface area contributed by atoms with E-state index in [0.29, 0.717) is 10.0 Å². The van der Waals surface area contributed by atoms with Gasteiger partial charge in [0.1, 0.15) is 6.07 Å². The van der Waals surface area contributed by atoms with Gasteiger partial charge in [-0.2, -0.15) is 5.26 Å². The van der Waals surface area contributed by atoms with Crippen LogP contribution in [-0.2, 0) is 0 Å². The summed E-state index contributed by atoms with van der Waals surface area (Å²) >= 11 is 3.27. The zero-order chi connectivity index (χ0) is 9.84. The van der Waals surface area contributed by atoms with Gasteiger partial charge >= 0.3 is 0 Å². The highest BCUT2D eigenvalue weighted by Gasteiger charge is 2.10. The number of nitrogens with zero attached hydrogens (tertiary/aromatic N) is 1. The van der Waals surface area contributed by atoms with E-state index in [9.17, 15) is 0 Å². The minimum absolute atomic E-state index is 0.131. The third kappa shape index (κ3) is 2.07. The van der Waals surface area contributed by atoms with Gasteiger partial charge in [0.15, 0.2) is 0 Å². The second-order valence-electron chi connectivity index (χ2n) is 2.61. The molecule has 0 aliphatic carbocycles. The second kappa shape index (κ2) is 4.38. The van der Waals surface area contributed by atoms with Crippen molar-refractivity contribution < 1.29 is 5.11 Å². The average molecular weight is 241 g/mol. The van der Waals surface area contributed by atoms with Crippen molar-refractivity contribution in [2.75, 3.05) is 6.61 Å². The van der Waals surface area contributed by atoms with Crippen LogP contribution in [0.15, 0.2) is 22.7 Å². The minimum atomic E-state index is -0.442. The number of rotatable bonds is 2.